The molecule has 156 valence electrons. The molecule has 0 aliphatic carbocycles. The summed E-state index contributed by atoms with van der Waals surface area (Å²) in [5, 5.41) is 0. The topological polar surface area (TPSA) is 71.1 Å². The molecule has 1 fully saturated rings. The van der Waals surface area contributed by atoms with Crippen molar-refractivity contribution >= 4 is 17.1 Å². The predicted octanol–water partition coefficient (Wildman–Crippen LogP) is 4.48. The molecule has 2 aromatic heterocycles. The molecule has 4 aromatic rings. The smallest absolute Gasteiger partial charge is 0.253 e. The summed E-state index contributed by atoms with van der Waals surface area (Å²) in [6, 6.07) is 17.0. The molecule has 0 radical (unpaired) electrons. The van der Waals surface area contributed by atoms with E-state index in [2.05, 4.69) is 15.0 Å². The van der Waals surface area contributed by atoms with Gasteiger partial charge >= 0.3 is 0 Å². The van der Waals surface area contributed by atoms with Gasteiger partial charge in [0.25, 0.3) is 5.91 Å². The lowest BCUT2D eigenvalue weighted by atomic mass is 10.1. The molecule has 7 heteroatoms. The number of H-pyrrole nitrogens is 1. The number of ether oxygens (including phenoxy) is 1. The van der Waals surface area contributed by atoms with Crippen LogP contribution in [0.5, 0.6) is 5.75 Å². The summed E-state index contributed by atoms with van der Waals surface area (Å²) in [6.07, 6.45) is 1.22. The molecule has 1 aliphatic rings. The van der Waals surface area contributed by atoms with Gasteiger partial charge < -0.3 is 14.6 Å². The Morgan fingerprint density at radius 2 is 1.84 bits per heavy atom. The van der Waals surface area contributed by atoms with Crippen molar-refractivity contribution in [2.24, 2.45) is 0 Å². The van der Waals surface area contributed by atoms with Crippen LogP contribution in [0.25, 0.3) is 33.7 Å². The minimum absolute atomic E-state index is 0.139. The van der Waals surface area contributed by atoms with Crippen molar-refractivity contribution in [3.63, 3.8) is 0 Å². The van der Waals surface area contributed by atoms with Gasteiger partial charge in [-0.1, -0.05) is 24.3 Å². The number of alkyl halides is 1. The fourth-order valence-electron chi connectivity index (χ4n) is 3.91. The standard InChI is InChI=1S/C24H21FN4O2/c1-31-19-8-6-15(7-9-19)20-10-12-26-23-21(20)27-22(28-23)16-2-4-17(5-3-16)24(30)29-13-11-18(25)14-29/h2-10,12,18H,11,13-14H2,1H3,(H,26,27,28)/t18-/m0/s1. The largest absolute Gasteiger partial charge is 0.497 e. The number of carbonyl (C=O) groups excluding carboxylic acids is 1. The van der Waals surface area contributed by atoms with Crippen molar-refractivity contribution < 1.29 is 13.9 Å². The number of benzene rings is 2. The summed E-state index contributed by atoms with van der Waals surface area (Å²) >= 11 is 0. The van der Waals surface area contributed by atoms with E-state index in [0.29, 0.717) is 30.0 Å². The van der Waals surface area contributed by atoms with Gasteiger partial charge in [0.1, 0.15) is 17.7 Å². The van der Waals surface area contributed by atoms with Gasteiger partial charge in [0.15, 0.2) is 5.65 Å². The SMILES string of the molecule is COc1ccc(-c2ccnc3nc(-c4ccc(C(=O)N5CC[C@H](F)C5)cc4)[nH]c23)cc1. The number of nitrogens with zero attached hydrogens (tertiary/aromatic N) is 3. The summed E-state index contributed by atoms with van der Waals surface area (Å²) in [5.41, 5.74) is 4.88. The van der Waals surface area contributed by atoms with Crippen molar-refractivity contribution in [1.29, 1.82) is 0 Å². The van der Waals surface area contributed by atoms with Gasteiger partial charge in [0.2, 0.25) is 0 Å². The Balaban J connectivity index is 1.44. The molecule has 0 saturated carbocycles. The van der Waals surface area contributed by atoms with Crippen LogP contribution in [0.15, 0.2) is 60.8 Å². The molecule has 0 unspecified atom stereocenters. The number of amides is 1. The van der Waals surface area contributed by atoms with Gasteiger partial charge in [-0.25, -0.2) is 14.4 Å². The normalized spacial score (nSPS) is 16.1. The lowest BCUT2D eigenvalue weighted by Crippen LogP contribution is -2.28. The summed E-state index contributed by atoms with van der Waals surface area (Å²) in [6.45, 7) is 0.634. The van der Waals surface area contributed by atoms with Crippen molar-refractivity contribution in [1.82, 2.24) is 19.9 Å². The van der Waals surface area contributed by atoms with Crippen molar-refractivity contribution in [3.8, 4) is 28.3 Å². The van der Waals surface area contributed by atoms with Crippen LogP contribution in [-0.2, 0) is 0 Å². The fourth-order valence-corrected chi connectivity index (χ4v) is 3.91. The summed E-state index contributed by atoms with van der Waals surface area (Å²) in [7, 11) is 1.64. The Hall–Kier alpha value is -3.74. The van der Waals surface area contributed by atoms with Gasteiger partial charge in [-0.2, -0.15) is 0 Å². The zero-order valence-corrected chi connectivity index (χ0v) is 17.0. The quantitative estimate of drug-likeness (QED) is 0.532. The molecule has 31 heavy (non-hydrogen) atoms. The van der Waals surface area contributed by atoms with Crippen molar-refractivity contribution in [2.45, 2.75) is 12.6 Å². The number of hydrogen-bond donors (Lipinski definition) is 1. The third kappa shape index (κ3) is 3.63. The highest BCUT2D eigenvalue weighted by Crippen LogP contribution is 2.30. The van der Waals surface area contributed by atoms with Gasteiger partial charge in [0, 0.05) is 29.4 Å². The number of likely N-dealkylation sites (tertiary alicyclic amines) is 1. The van der Waals surface area contributed by atoms with Gasteiger partial charge in [-0.3, -0.25) is 4.79 Å². The van der Waals surface area contributed by atoms with E-state index >= 15 is 0 Å². The first-order valence-electron chi connectivity index (χ1n) is 10.2. The number of fused-ring (bicyclic) bond motifs is 1. The number of methoxy groups -OCH3 is 1. The maximum absolute atomic E-state index is 13.4. The summed E-state index contributed by atoms with van der Waals surface area (Å²) < 4.78 is 18.7. The number of rotatable bonds is 4. The molecule has 1 saturated heterocycles. The molecule has 1 aliphatic heterocycles. The van der Waals surface area contributed by atoms with Gasteiger partial charge in [-0.05, 0) is 42.3 Å². The number of halogens is 1. The second kappa shape index (κ2) is 7.83. The van der Waals surface area contributed by atoms with E-state index in [9.17, 15) is 9.18 Å². The molecule has 6 nitrogen and oxygen atoms in total. The Morgan fingerprint density at radius 1 is 1.10 bits per heavy atom. The highest BCUT2D eigenvalue weighted by Gasteiger charge is 2.26. The van der Waals surface area contributed by atoms with E-state index in [-0.39, 0.29) is 12.5 Å². The molecule has 1 atom stereocenters. The molecule has 5 rings (SSSR count). The molecule has 0 spiro atoms. The average molecular weight is 416 g/mol. The van der Waals surface area contributed by atoms with E-state index in [4.69, 9.17) is 4.74 Å². The average Bonchev–Trinajstić information content (AvgIpc) is 3.45. The number of aromatic nitrogens is 3. The zero-order valence-electron chi connectivity index (χ0n) is 17.0. The van der Waals surface area contributed by atoms with Crippen LogP contribution in [0.1, 0.15) is 16.8 Å². The Morgan fingerprint density at radius 3 is 2.52 bits per heavy atom. The number of pyridine rings is 1. The zero-order chi connectivity index (χ0) is 21.4. The van der Waals surface area contributed by atoms with Crippen LogP contribution in [0, 0.1) is 0 Å². The summed E-state index contributed by atoms with van der Waals surface area (Å²) in [5.74, 6) is 1.33. The monoisotopic (exact) mass is 416 g/mol. The van der Waals surface area contributed by atoms with Crippen molar-refractivity contribution in [3.05, 3.63) is 66.4 Å². The Kier molecular flexibility index (Phi) is 4.86. The number of carbonyl (C=O) groups is 1. The molecule has 3 heterocycles. The third-order valence-electron chi connectivity index (χ3n) is 5.62. The molecule has 1 N–H and O–H groups in total. The highest BCUT2D eigenvalue weighted by atomic mass is 19.1. The first-order valence-corrected chi connectivity index (χ1v) is 10.2. The van der Waals surface area contributed by atoms with Crippen LogP contribution < -0.4 is 4.74 Å². The van der Waals surface area contributed by atoms with Crippen LogP contribution in [-0.4, -0.2) is 52.1 Å². The minimum Gasteiger partial charge on any atom is -0.497 e. The molecule has 1 amide bonds. The van der Waals surface area contributed by atoms with E-state index in [1.54, 1.807) is 30.3 Å². The maximum Gasteiger partial charge on any atom is 0.253 e. The van der Waals surface area contributed by atoms with E-state index in [1.165, 1.54) is 0 Å². The van der Waals surface area contributed by atoms with Crippen molar-refractivity contribution in [2.75, 3.05) is 20.2 Å². The first-order chi connectivity index (χ1) is 15.1. The lowest BCUT2D eigenvalue weighted by Gasteiger charge is -2.15. The Bertz CT molecular complexity index is 1230. The molecular weight excluding hydrogens is 395 g/mol. The second-order valence-corrected chi connectivity index (χ2v) is 7.59. The molecular formula is C24H21FN4O2. The van der Waals surface area contributed by atoms with Crippen LogP contribution in [0.3, 0.4) is 0 Å². The van der Waals surface area contributed by atoms with Crippen LogP contribution >= 0.6 is 0 Å². The van der Waals surface area contributed by atoms with E-state index in [1.807, 2.05) is 42.5 Å². The first kappa shape index (κ1) is 19.2. The number of imidazole rings is 1. The van der Waals surface area contributed by atoms with Crippen LogP contribution in [0.4, 0.5) is 4.39 Å². The third-order valence-corrected chi connectivity index (χ3v) is 5.62. The van der Waals surface area contributed by atoms with Gasteiger partial charge in [0.05, 0.1) is 19.2 Å². The van der Waals surface area contributed by atoms with Crippen LogP contribution in [0.2, 0.25) is 0 Å². The highest BCUT2D eigenvalue weighted by molar-refractivity contribution is 5.95. The fraction of sp³-hybridized carbons (Fsp3) is 0.208. The van der Waals surface area contributed by atoms with Gasteiger partial charge in [-0.15, -0.1) is 0 Å². The molecule has 2 aromatic carbocycles. The number of aromatic amines is 1. The second-order valence-electron chi connectivity index (χ2n) is 7.59. The Labute approximate surface area is 178 Å². The number of hydrogen-bond acceptors (Lipinski definition) is 4. The van der Waals surface area contributed by atoms with E-state index in [0.717, 1.165) is 28.0 Å². The lowest BCUT2D eigenvalue weighted by molar-refractivity contribution is 0.0783. The minimum atomic E-state index is -0.925. The number of nitrogens with one attached hydrogen (secondary N) is 1. The maximum atomic E-state index is 13.4. The predicted molar refractivity (Wildman–Crippen MR) is 117 cm³/mol. The van der Waals surface area contributed by atoms with E-state index < -0.39 is 6.17 Å². The molecule has 0 bridgehead atoms. The summed E-state index contributed by atoms with van der Waals surface area (Å²) in [4.78, 5) is 26.5.